The van der Waals surface area contributed by atoms with Crippen LogP contribution in [-0.2, 0) is 10.8 Å². The normalized spacial score (nSPS) is 13.4. The lowest BCUT2D eigenvalue weighted by atomic mass is 9.33. The molecule has 0 unspecified atom stereocenters. The van der Waals surface area contributed by atoms with Crippen molar-refractivity contribution in [3.05, 3.63) is 199 Å². The molecule has 2 aliphatic heterocycles. The van der Waals surface area contributed by atoms with Crippen LogP contribution in [0.4, 0.5) is 34.1 Å². The fraction of sp³-hybridized carbons (Fsp3) is 0.143. The Kier molecular flexibility index (Phi) is 9.13. The Morgan fingerprint density at radius 2 is 0.824 bits per heavy atom. The van der Waals surface area contributed by atoms with E-state index in [4.69, 9.17) is 0 Å². The highest BCUT2D eigenvalue weighted by Crippen LogP contribution is 2.48. The van der Waals surface area contributed by atoms with E-state index >= 15 is 0 Å². The predicted molar refractivity (Wildman–Crippen MR) is 299 cm³/mol. The highest BCUT2D eigenvalue weighted by atomic mass is 32.1. The lowest BCUT2D eigenvalue weighted by Crippen LogP contribution is -2.61. The van der Waals surface area contributed by atoms with E-state index in [1.807, 2.05) is 22.7 Å². The van der Waals surface area contributed by atoms with Crippen molar-refractivity contribution < 1.29 is 0 Å². The summed E-state index contributed by atoms with van der Waals surface area (Å²) in [7, 11) is 0. The van der Waals surface area contributed by atoms with Gasteiger partial charge in [0.2, 0.25) is 0 Å². The SMILES string of the molecule is Cc1cc2c3c(c1)N(c1cccc(-c4cccc5c4sc4ccccc45)c1)c1ccc(C(C)(C)C)cc1B3c1cc(C(C)(C)C)ccc1N2c1cccc(-c2cccc3c2sc2ccccc23)c1. The number of anilines is 6. The number of rotatable bonds is 4. The van der Waals surface area contributed by atoms with Crippen molar-refractivity contribution in [3.63, 3.8) is 0 Å². The van der Waals surface area contributed by atoms with Crippen LogP contribution >= 0.6 is 22.7 Å². The molecule has 0 spiro atoms. The third kappa shape index (κ3) is 6.36. The first-order valence-corrected chi connectivity index (χ1v) is 25.6. The molecule has 0 N–H and O–H groups in total. The van der Waals surface area contributed by atoms with Crippen molar-refractivity contribution in [1.29, 1.82) is 0 Å². The zero-order valence-electron chi connectivity index (χ0n) is 39.6. The maximum atomic E-state index is 2.58. The van der Waals surface area contributed by atoms with Gasteiger partial charge in [-0.25, -0.2) is 0 Å². The lowest BCUT2D eigenvalue weighted by Gasteiger charge is -2.45. The topological polar surface area (TPSA) is 6.48 Å². The highest BCUT2D eigenvalue weighted by molar-refractivity contribution is 7.26. The number of nitrogens with zero attached hydrogens (tertiary/aromatic N) is 2. The molecule has 0 fully saturated rings. The van der Waals surface area contributed by atoms with Crippen molar-refractivity contribution in [1.82, 2.24) is 0 Å². The van der Waals surface area contributed by atoms with Gasteiger partial charge >= 0.3 is 0 Å². The smallest absolute Gasteiger partial charge is 0.252 e. The predicted octanol–water partition coefficient (Wildman–Crippen LogP) is 16.7. The summed E-state index contributed by atoms with van der Waals surface area (Å²) in [4.78, 5) is 5.15. The minimum absolute atomic E-state index is 0.0219. The Balaban J connectivity index is 1.06. The van der Waals surface area contributed by atoms with Crippen molar-refractivity contribution >= 4 is 120 Å². The molecule has 11 aromatic rings. The van der Waals surface area contributed by atoms with Crippen LogP contribution in [0, 0.1) is 6.92 Å². The number of benzene rings is 9. The molecule has 13 rings (SSSR count). The average molecular weight is 911 g/mol. The highest BCUT2D eigenvalue weighted by Gasteiger charge is 2.44. The zero-order chi connectivity index (χ0) is 46.2. The number of hydrogen-bond donors (Lipinski definition) is 0. The first-order valence-electron chi connectivity index (χ1n) is 23.9. The summed E-state index contributed by atoms with van der Waals surface area (Å²) in [6, 6.07) is 69.4. The molecule has 0 saturated carbocycles. The van der Waals surface area contributed by atoms with E-state index < -0.39 is 0 Å². The van der Waals surface area contributed by atoms with E-state index in [9.17, 15) is 0 Å². The minimum Gasteiger partial charge on any atom is -0.311 e. The van der Waals surface area contributed by atoms with Crippen molar-refractivity contribution in [2.24, 2.45) is 0 Å². The molecule has 0 amide bonds. The van der Waals surface area contributed by atoms with E-state index in [0.29, 0.717) is 0 Å². The first-order chi connectivity index (χ1) is 32.9. The molecule has 4 heterocycles. The van der Waals surface area contributed by atoms with E-state index in [2.05, 4.69) is 240 Å². The Morgan fingerprint density at radius 1 is 0.397 bits per heavy atom. The van der Waals surface area contributed by atoms with Crippen molar-refractivity contribution in [2.45, 2.75) is 59.3 Å². The van der Waals surface area contributed by atoms with Crippen LogP contribution < -0.4 is 26.2 Å². The standard InChI is InChI=1S/C63H51BN2S2/c1-38-32-55-59-56(33-38)66(44-19-13-17-40(35-44)46-23-15-25-50-48-21-9-11-27-58(48)68-61(46)50)54-31-29-42(63(5,6)7)37-52(54)64(59)51-36-41(62(2,3)4)28-30-53(51)65(55)43-18-12-16-39(34-43)45-22-14-24-49-47-20-8-10-26-57(47)67-60(45)49/h8-37H,1-7H3. The van der Waals surface area contributed by atoms with Gasteiger partial charge in [-0.05, 0) is 134 Å². The molecule has 2 aromatic heterocycles. The van der Waals surface area contributed by atoms with Crippen LogP contribution in [0.15, 0.2) is 182 Å². The second-order valence-corrected chi connectivity index (χ2v) is 23.1. The maximum absolute atomic E-state index is 2.58. The van der Waals surface area contributed by atoms with Crippen LogP contribution in [-0.4, -0.2) is 6.71 Å². The van der Waals surface area contributed by atoms with Gasteiger partial charge in [0.1, 0.15) is 0 Å². The van der Waals surface area contributed by atoms with Crippen LogP contribution in [0.25, 0.3) is 62.6 Å². The number of fused-ring (bicyclic) bond motifs is 10. The second-order valence-electron chi connectivity index (χ2n) is 21.0. The number of aryl methyl sites for hydroxylation is 1. The molecule has 0 aliphatic carbocycles. The molecule has 5 heteroatoms. The molecule has 68 heavy (non-hydrogen) atoms. The molecular weight excluding hydrogens is 860 g/mol. The summed E-state index contributed by atoms with van der Waals surface area (Å²) in [6.45, 7) is 16.4. The third-order valence-corrected chi connectivity index (χ3v) is 17.0. The Bertz CT molecular complexity index is 3630. The van der Waals surface area contributed by atoms with Gasteiger partial charge in [0, 0.05) is 74.5 Å². The number of hydrogen-bond acceptors (Lipinski definition) is 4. The van der Waals surface area contributed by atoms with E-state index in [1.54, 1.807) is 0 Å². The van der Waals surface area contributed by atoms with Crippen LogP contribution in [0.3, 0.4) is 0 Å². The Labute approximate surface area is 407 Å². The first kappa shape index (κ1) is 41.3. The van der Waals surface area contributed by atoms with Crippen molar-refractivity contribution in [2.75, 3.05) is 9.80 Å². The zero-order valence-corrected chi connectivity index (χ0v) is 41.2. The van der Waals surface area contributed by atoms with E-state index in [1.165, 1.54) is 118 Å². The third-order valence-electron chi connectivity index (χ3n) is 14.6. The molecule has 0 atom stereocenters. The summed E-state index contributed by atoms with van der Waals surface area (Å²) in [6.07, 6.45) is 0. The van der Waals surface area contributed by atoms with Gasteiger partial charge < -0.3 is 9.80 Å². The molecule has 0 saturated heterocycles. The largest absolute Gasteiger partial charge is 0.311 e. The van der Waals surface area contributed by atoms with E-state index in [0.717, 1.165) is 11.4 Å². The molecule has 2 nitrogen and oxygen atoms in total. The fourth-order valence-electron chi connectivity index (χ4n) is 11.2. The minimum atomic E-state index is -0.0341. The summed E-state index contributed by atoms with van der Waals surface area (Å²) in [5, 5.41) is 5.29. The molecular formula is C63H51BN2S2. The van der Waals surface area contributed by atoms with Gasteiger partial charge in [-0.1, -0.05) is 163 Å². The van der Waals surface area contributed by atoms with Gasteiger partial charge in [0.05, 0.1) is 0 Å². The Hall–Kier alpha value is -6.92. The lowest BCUT2D eigenvalue weighted by molar-refractivity contribution is 0.590. The number of thiophene rings is 2. The summed E-state index contributed by atoms with van der Waals surface area (Å²) < 4.78 is 5.32. The van der Waals surface area contributed by atoms with Crippen molar-refractivity contribution in [3.8, 4) is 22.3 Å². The summed E-state index contributed by atoms with van der Waals surface area (Å²) in [5.74, 6) is 0. The van der Waals surface area contributed by atoms with Crippen LogP contribution in [0.2, 0.25) is 0 Å². The molecule has 0 radical (unpaired) electrons. The fourth-order valence-corrected chi connectivity index (χ4v) is 13.7. The Morgan fingerprint density at radius 3 is 1.28 bits per heavy atom. The summed E-state index contributed by atoms with van der Waals surface area (Å²) >= 11 is 3.79. The van der Waals surface area contributed by atoms with E-state index in [-0.39, 0.29) is 17.5 Å². The molecule has 2 aliphatic rings. The van der Waals surface area contributed by atoms with Crippen LogP contribution in [0.1, 0.15) is 58.2 Å². The van der Waals surface area contributed by atoms with Crippen LogP contribution in [0.5, 0.6) is 0 Å². The molecule has 0 bridgehead atoms. The van der Waals surface area contributed by atoms with Gasteiger partial charge in [-0.15, -0.1) is 22.7 Å². The van der Waals surface area contributed by atoms with Gasteiger partial charge in [0.25, 0.3) is 6.71 Å². The monoisotopic (exact) mass is 910 g/mol. The molecule has 9 aromatic carbocycles. The second kappa shape index (κ2) is 15.0. The average Bonchev–Trinajstić information content (AvgIpc) is 3.92. The quantitative estimate of drug-likeness (QED) is 0.162. The van der Waals surface area contributed by atoms with Gasteiger partial charge in [-0.3, -0.25) is 0 Å². The van der Waals surface area contributed by atoms with Gasteiger partial charge in [0.15, 0.2) is 0 Å². The maximum Gasteiger partial charge on any atom is 0.252 e. The molecule has 328 valence electrons. The van der Waals surface area contributed by atoms with Gasteiger partial charge in [-0.2, -0.15) is 0 Å². The summed E-state index contributed by atoms with van der Waals surface area (Å²) in [5.41, 5.74) is 20.2.